The van der Waals surface area contributed by atoms with Crippen LogP contribution in [0.25, 0.3) is 11.1 Å². The summed E-state index contributed by atoms with van der Waals surface area (Å²) in [4.78, 5) is 24.8. The zero-order valence-corrected chi connectivity index (χ0v) is 17.5. The Hall–Kier alpha value is -3.40. The molecule has 0 fully saturated rings. The minimum Gasteiger partial charge on any atom is -0.452 e. The van der Waals surface area contributed by atoms with Crippen LogP contribution in [0.5, 0.6) is 0 Å². The van der Waals surface area contributed by atoms with E-state index in [0.717, 1.165) is 36.0 Å². The van der Waals surface area contributed by atoms with Crippen LogP contribution in [0, 0.1) is 6.92 Å². The number of amides is 1. The summed E-state index contributed by atoms with van der Waals surface area (Å²) in [6.07, 6.45) is 3.32. The molecule has 1 amide bonds. The molecule has 3 aromatic carbocycles. The molecule has 0 aliphatic carbocycles. The van der Waals surface area contributed by atoms with Crippen molar-refractivity contribution in [2.45, 2.75) is 33.1 Å². The third-order valence-electron chi connectivity index (χ3n) is 4.90. The minimum absolute atomic E-state index is 0.335. The molecule has 0 saturated heterocycles. The lowest BCUT2D eigenvalue weighted by Crippen LogP contribution is -2.21. The molecule has 1 N–H and O–H groups in total. The highest BCUT2D eigenvalue weighted by Gasteiger charge is 2.15. The highest BCUT2D eigenvalue weighted by atomic mass is 16.5. The Morgan fingerprint density at radius 1 is 0.900 bits per heavy atom. The second-order valence-electron chi connectivity index (χ2n) is 7.34. The van der Waals surface area contributed by atoms with Gasteiger partial charge in [0.05, 0.1) is 5.56 Å². The van der Waals surface area contributed by atoms with E-state index >= 15 is 0 Å². The second-order valence-corrected chi connectivity index (χ2v) is 7.34. The normalized spacial score (nSPS) is 10.5. The van der Waals surface area contributed by atoms with Gasteiger partial charge in [0, 0.05) is 5.69 Å². The zero-order valence-electron chi connectivity index (χ0n) is 17.5. The molecule has 30 heavy (non-hydrogen) atoms. The van der Waals surface area contributed by atoms with E-state index < -0.39 is 5.97 Å². The van der Waals surface area contributed by atoms with Crippen molar-refractivity contribution in [1.29, 1.82) is 0 Å². The zero-order chi connectivity index (χ0) is 21.3. The Bertz CT molecular complexity index is 992. The first kappa shape index (κ1) is 21.3. The number of aryl methyl sites for hydroxylation is 2. The molecule has 0 heterocycles. The van der Waals surface area contributed by atoms with Gasteiger partial charge in [0.25, 0.3) is 5.91 Å². The van der Waals surface area contributed by atoms with E-state index in [1.807, 2.05) is 67.6 Å². The third-order valence-corrected chi connectivity index (χ3v) is 4.90. The Morgan fingerprint density at radius 2 is 1.60 bits per heavy atom. The monoisotopic (exact) mass is 401 g/mol. The summed E-state index contributed by atoms with van der Waals surface area (Å²) in [6.45, 7) is 3.84. The Labute approximate surface area is 177 Å². The van der Waals surface area contributed by atoms with Crippen LogP contribution in [0.15, 0.2) is 72.8 Å². The van der Waals surface area contributed by atoms with Crippen LogP contribution in [0.2, 0.25) is 0 Å². The summed E-state index contributed by atoms with van der Waals surface area (Å²) in [5.74, 6) is -0.881. The standard InChI is InChI=1S/C26H27NO3/c1-3-4-7-20-12-16-22(17-13-20)27-25(28)18-30-26(29)24-9-6-5-8-23(24)21-14-10-19(2)11-15-21/h5-6,8-17H,3-4,7,18H2,1-2H3,(H,27,28). The maximum absolute atomic E-state index is 12.6. The fourth-order valence-electron chi connectivity index (χ4n) is 3.19. The van der Waals surface area contributed by atoms with E-state index in [1.165, 1.54) is 5.56 Å². The molecule has 0 bridgehead atoms. The predicted molar refractivity (Wildman–Crippen MR) is 121 cm³/mol. The average Bonchev–Trinajstić information content (AvgIpc) is 2.77. The molecule has 3 rings (SSSR count). The van der Waals surface area contributed by atoms with E-state index in [4.69, 9.17) is 4.74 Å². The summed E-state index contributed by atoms with van der Waals surface area (Å²) >= 11 is 0. The maximum Gasteiger partial charge on any atom is 0.339 e. The average molecular weight is 402 g/mol. The van der Waals surface area contributed by atoms with Gasteiger partial charge < -0.3 is 10.1 Å². The smallest absolute Gasteiger partial charge is 0.339 e. The van der Waals surface area contributed by atoms with Crippen molar-refractivity contribution < 1.29 is 14.3 Å². The Kier molecular flexibility index (Phi) is 7.39. The van der Waals surface area contributed by atoms with Crippen molar-refractivity contribution in [3.8, 4) is 11.1 Å². The first-order valence-electron chi connectivity index (χ1n) is 10.3. The topological polar surface area (TPSA) is 55.4 Å². The highest BCUT2D eigenvalue weighted by Crippen LogP contribution is 2.24. The summed E-state index contributed by atoms with van der Waals surface area (Å²) in [6, 6.07) is 23.0. The lowest BCUT2D eigenvalue weighted by molar-refractivity contribution is -0.119. The SMILES string of the molecule is CCCCc1ccc(NC(=O)COC(=O)c2ccccc2-c2ccc(C)cc2)cc1. The van der Waals surface area contributed by atoms with Crippen LogP contribution in [0.1, 0.15) is 41.3 Å². The highest BCUT2D eigenvalue weighted by molar-refractivity contribution is 5.99. The van der Waals surface area contributed by atoms with Crippen LogP contribution < -0.4 is 5.32 Å². The number of benzene rings is 3. The fraction of sp³-hybridized carbons (Fsp3) is 0.231. The van der Waals surface area contributed by atoms with Gasteiger partial charge in [-0.15, -0.1) is 0 Å². The van der Waals surface area contributed by atoms with Gasteiger partial charge in [0.15, 0.2) is 6.61 Å². The molecule has 0 unspecified atom stereocenters. The molecule has 3 aromatic rings. The molecule has 0 atom stereocenters. The van der Waals surface area contributed by atoms with Crippen molar-refractivity contribution in [2.24, 2.45) is 0 Å². The predicted octanol–water partition coefficient (Wildman–Crippen LogP) is 5.80. The quantitative estimate of drug-likeness (QED) is 0.485. The Balaban J connectivity index is 1.59. The van der Waals surface area contributed by atoms with E-state index in [1.54, 1.807) is 12.1 Å². The molecule has 0 radical (unpaired) electrons. The van der Waals surface area contributed by atoms with Gasteiger partial charge in [-0.25, -0.2) is 4.79 Å². The van der Waals surface area contributed by atoms with Crippen LogP contribution in [-0.4, -0.2) is 18.5 Å². The number of carbonyl (C=O) groups excluding carboxylic acids is 2. The number of esters is 1. The summed E-state index contributed by atoms with van der Waals surface area (Å²) in [5, 5.41) is 2.77. The van der Waals surface area contributed by atoms with Crippen LogP contribution in [0.4, 0.5) is 5.69 Å². The number of unbranched alkanes of at least 4 members (excludes halogenated alkanes) is 1. The van der Waals surface area contributed by atoms with Crippen molar-refractivity contribution in [2.75, 3.05) is 11.9 Å². The lowest BCUT2D eigenvalue weighted by Gasteiger charge is -2.11. The number of hydrogen-bond donors (Lipinski definition) is 1. The number of hydrogen-bond acceptors (Lipinski definition) is 3. The molecule has 4 nitrogen and oxygen atoms in total. The number of carbonyl (C=O) groups is 2. The van der Waals surface area contributed by atoms with Crippen molar-refractivity contribution in [3.05, 3.63) is 89.5 Å². The van der Waals surface area contributed by atoms with Crippen molar-refractivity contribution in [1.82, 2.24) is 0 Å². The van der Waals surface area contributed by atoms with Gasteiger partial charge in [0.1, 0.15) is 0 Å². The maximum atomic E-state index is 12.6. The summed E-state index contributed by atoms with van der Waals surface area (Å²) in [5.41, 5.74) is 5.24. The van der Waals surface area contributed by atoms with Gasteiger partial charge in [-0.3, -0.25) is 4.79 Å². The number of anilines is 1. The summed E-state index contributed by atoms with van der Waals surface area (Å²) in [7, 11) is 0. The molecule has 0 aliphatic heterocycles. The molecular weight excluding hydrogens is 374 g/mol. The van der Waals surface area contributed by atoms with Gasteiger partial charge in [0.2, 0.25) is 0 Å². The number of rotatable bonds is 8. The number of ether oxygens (including phenoxy) is 1. The molecule has 0 saturated carbocycles. The molecular formula is C26H27NO3. The van der Waals surface area contributed by atoms with Crippen molar-refractivity contribution in [3.63, 3.8) is 0 Å². The molecule has 0 aliphatic rings. The van der Waals surface area contributed by atoms with E-state index in [-0.39, 0.29) is 12.5 Å². The van der Waals surface area contributed by atoms with E-state index in [2.05, 4.69) is 12.2 Å². The van der Waals surface area contributed by atoms with Gasteiger partial charge in [-0.1, -0.05) is 73.5 Å². The number of nitrogens with one attached hydrogen (secondary N) is 1. The minimum atomic E-state index is -0.517. The lowest BCUT2D eigenvalue weighted by atomic mass is 9.99. The molecule has 154 valence electrons. The largest absolute Gasteiger partial charge is 0.452 e. The van der Waals surface area contributed by atoms with Gasteiger partial charge in [-0.05, 0) is 54.7 Å². The van der Waals surface area contributed by atoms with Gasteiger partial charge >= 0.3 is 5.97 Å². The third kappa shape index (κ3) is 5.80. The second kappa shape index (κ2) is 10.4. The molecule has 4 heteroatoms. The Morgan fingerprint density at radius 3 is 2.30 bits per heavy atom. The molecule has 0 spiro atoms. The molecule has 0 aromatic heterocycles. The first-order chi connectivity index (χ1) is 14.6. The van der Waals surface area contributed by atoms with E-state index in [0.29, 0.717) is 11.3 Å². The van der Waals surface area contributed by atoms with Crippen LogP contribution in [0.3, 0.4) is 0 Å². The van der Waals surface area contributed by atoms with Crippen LogP contribution in [-0.2, 0) is 16.0 Å². The van der Waals surface area contributed by atoms with E-state index in [9.17, 15) is 9.59 Å². The first-order valence-corrected chi connectivity index (χ1v) is 10.3. The summed E-state index contributed by atoms with van der Waals surface area (Å²) < 4.78 is 5.27. The van der Waals surface area contributed by atoms with Gasteiger partial charge in [-0.2, -0.15) is 0 Å². The van der Waals surface area contributed by atoms with Crippen LogP contribution >= 0.6 is 0 Å². The fourth-order valence-corrected chi connectivity index (χ4v) is 3.19. The van der Waals surface area contributed by atoms with Crippen molar-refractivity contribution >= 4 is 17.6 Å².